The number of amides is 1. The largest absolute Gasteiger partial charge is 0.394 e. The fourth-order valence-electron chi connectivity index (χ4n) is 7.67. The molecule has 0 bridgehead atoms. The molecule has 0 aromatic heterocycles. The molecule has 4 nitrogen and oxygen atoms in total. The lowest BCUT2D eigenvalue weighted by atomic mass is 10.0. The van der Waals surface area contributed by atoms with Crippen LogP contribution in [0.2, 0.25) is 0 Å². The predicted molar refractivity (Wildman–Crippen MR) is 239 cm³/mol. The molecular formula is C50H97NO3. The van der Waals surface area contributed by atoms with E-state index in [1.54, 1.807) is 6.08 Å². The van der Waals surface area contributed by atoms with Crippen molar-refractivity contribution in [1.82, 2.24) is 5.32 Å². The molecule has 0 aromatic carbocycles. The van der Waals surface area contributed by atoms with Gasteiger partial charge in [-0.15, -0.1) is 0 Å². The average molecular weight is 760 g/mol. The van der Waals surface area contributed by atoms with Gasteiger partial charge in [-0.25, -0.2) is 0 Å². The fraction of sp³-hybridized carbons (Fsp3) is 0.900. The Morgan fingerprint density at radius 1 is 0.426 bits per heavy atom. The Balaban J connectivity index is 3.53. The first-order valence-electron chi connectivity index (χ1n) is 24.6. The Kier molecular flexibility index (Phi) is 45.3. The highest BCUT2D eigenvalue weighted by molar-refractivity contribution is 5.76. The number of carbonyl (C=O) groups is 1. The van der Waals surface area contributed by atoms with Crippen LogP contribution in [0.3, 0.4) is 0 Å². The highest BCUT2D eigenvalue weighted by atomic mass is 16.3. The van der Waals surface area contributed by atoms with Gasteiger partial charge in [0, 0.05) is 6.42 Å². The van der Waals surface area contributed by atoms with Crippen molar-refractivity contribution < 1.29 is 15.0 Å². The monoisotopic (exact) mass is 760 g/mol. The van der Waals surface area contributed by atoms with E-state index in [4.69, 9.17) is 0 Å². The molecule has 0 rings (SSSR count). The summed E-state index contributed by atoms with van der Waals surface area (Å²) in [4.78, 5) is 12.4. The van der Waals surface area contributed by atoms with Crippen LogP contribution in [-0.2, 0) is 4.79 Å². The number of allylic oxidation sites excluding steroid dienone is 3. The highest BCUT2D eigenvalue weighted by Gasteiger charge is 2.17. The summed E-state index contributed by atoms with van der Waals surface area (Å²) in [7, 11) is 0. The molecule has 1 amide bonds. The van der Waals surface area contributed by atoms with Gasteiger partial charge in [-0.1, -0.05) is 256 Å². The maximum Gasteiger partial charge on any atom is 0.220 e. The van der Waals surface area contributed by atoms with Gasteiger partial charge in [0.15, 0.2) is 0 Å². The summed E-state index contributed by atoms with van der Waals surface area (Å²) < 4.78 is 0. The van der Waals surface area contributed by atoms with Crippen LogP contribution in [0, 0.1) is 0 Å². The molecule has 0 aliphatic carbocycles. The standard InChI is InChI=1S/C50H97NO3/c1-3-5-7-9-11-13-15-17-19-21-23-25-26-28-30-32-34-36-38-40-42-44-46-50(54)51-48(47-52)49(53)45-43-41-39-37-35-33-31-29-27-24-22-20-18-16-14-12-10-8-6-4-2/h35,37,43,45,48-49,52-53H,3-34,36,38-42,44,46-47H2,1-2H3,(H,51,54)/b37-35+,45-43+. The number of aliphatic hydroxyl groups excluding tert-OH is 2. The molecule has 0 aliphatic heterocycles. The summed E-state index contributed by atoms with van der Waals surface area (Å²) >= 11 is 0. The van der Waals surface area contributed by atoms with Crippen molar-refractivity contribution >= 4 is 5.91 Å². The summed E-state index contributed by atoms with van der Waals surface area (Å²) in [6, 6.07) is -0.635. The van der Waals surface area contributed by atoms with Crippen molar-refractivity contribution in [3.8, 4) is 0 Å². The van der Waals surface area contributed by atoms with Gasteiger partial charge < -0.3 is 15.5 Å². The number of nitrogens with one attached hydrogen (secondary N) is 1. The number of carbonyl (C=O) groups excluding carboxylic acids is 1. The van der Waals surface area contributed by atoms with E-state index in [0.29, 0.717) is 6.42 Å². The van der Waals surface area contributed by atoms with Gasteiger partial charge in [-0.05, 0) is 32.1 Å². The van der Waals surface area contributed by atoms with E-state index in [-0.39, 0.29) is 12.5 Å². The summed E-state index contributed by atoms with van der Waals surface area (Å²) in [5.74, 6) is -0.0684. The summed E-state index contributed by atoms with van der Waals surface area (Å²) in [6.45, 7) is 4.33. The summed E-state index contributed by atoms with van der Waals surface area (Å²) in [5, 5.41) is 23.1. The minimum absolute atomic E-state index is 0.0684. The van der Waals surface area contributed by atoms with Crippen molar-refractivity contribution in [2.24, 2.45) is 0 Å². The molecule has 3 N–H and O–H groups in total. The van der Waals surface area contributed by atoms with Gasteiger partial charge in [0.25, 0.3) is 0 Å². The second kappa shape index (κ2) is 46.3. The lowest BCUT2D eigenvalue weighted by Crippen LogP contribution is -2.45. The maximum absolute atomic E-state index is 12.4. The molecule has 320 valence electrons. The fourth-order valence-corrected chi connectivity index (χ4v) is 7.67. The van der Waals surface area contributed by atoms with E-state index in [2.05, 4.69) is 31.3 Å². The van der Waals surface area contributed by atoms with E-state index < -0.39 is 12.1 Å². The van der Waals surface area contributed by atoms with Crippen molar-refractivity contribution in [3.05, 3.63) is 24.3 Å². The second-order valence-corrected chi connectivity index (χ2v) is 16.9. The summed E-state index contributed by atoms with van der Waals surface area (Å²) in [6.07, 6.45) is 60.2. The molecule has 0 saturated heterocycles. The quantitative estimate of drug-likeness (QED) is 0.0428. The van der Waals surface area contributed by atoms with E-state index in [1.807, 2.05) is 6.08 Å². The second-order valence-electron chi connectivity index (χ2n) is 16.9. The summed E-state index contributed by atoms with van der Waals surface area (Å²) in [5.41, 5.74) is 0. The number of unbranched alkanes of at least 4 members (excludes halogenated alkanes) is 36. The number of rotatable bonds is 45. The van der Waals surface area contributed by atoms with Gasteiger partial charge in [-0.2, -0.15) is 0 Å². The van der Waals surface area contributed by atoms with Gasteiger partial charge in [0.1, 0.15) is 0 Å². The van der Waals surface area contributed by atoms with Crippen LogP contribution in [0.4, 0.5) is 0 Å². The Labute approximate surface area is 339 Å². The normalized spacial score (nSPS) is 13.0. The smallest absolute Gasteiger partial charge is 0.220 e. The number of hydrogen-bond donors (Lipinski definition) is 3. The van der Waals surface area contributed by atoms with E-state index in [9.17, 15) is 15.0 Å². The van der Waals surface area contributed by atoms with Gasteiger partial charge in [-0.3, -0.25) is 4.79 Å². The Morgan fingerprint density at radius 2 is 0.722 bits per heavy atom. The van der Waals surface area contributed by atoms with Gasteiger partial charge in [0.05, 0.1) is 18.8 Å². The molecule has 0 radical (unpaired) electrons. The molecule has 0 saturated carbocycles. The highest BCUT2D eigenvalue weighted by Crippen LogP contribution is 2.16. The molecule has 2 unspecified atom stereocenters. The van der Waals surface area contributed by atoms with Gasteiger partial charge in [0.2, 0.25) is 5.91 Å². The number of hydrogen-bond acceptors (Lipinski definition) is 3. The van der Waals surface area contributed by atoms with Crippen LogP contribution in [0.1, 0.15) is 271 Å². The molecule has 0 heterocycles. The molecule has 0 fully saturated rings. The molecule has 2 atom stereocenters. The first-order valence-corrected chi connectivity index (χ1v) is 24.6. The topological polar surface area (TPSA) is 69.6 Å². The van der Waals surface area contributed by atoms with Crippen molar-refractivity contribution in [1.29, 1.82) is 0 Å². The lowest BCUT2D eigenvalue weighted by molar-refractivity contribution is -0.123. The minimum atomic E-state index is -0.858. The van der Waals surface area contributed by atoms with Crippen LogP contribution in [0.15, 0.2) is 24.3 Å². The third-order valence-electron chi connectivity index (χ3n) is 11.4. The zero-order valence-corrected chi connectivity index (χ0v) is 36.8. The Bertz CT molecular complexity index is 780. The lowest BCUT2D eigenvalue weighted by Gasteiger charge is -2.19. The van der Waals surface area contributed by atoms with Gasteiger partial charge >= 0.3 is 0 Å². The van der Waals surface area contributed by atoms with Crippen LogP contribution in [-0.4, -0.2) is 34.9 Å². The molecule has 4 heteroatoms. The van der Waals surface area contributed by atoms with Crippen LogP contribution in [0.25, 0.3) is 0 Å². The van der Waals surface area contributed by atoms with Crippen molar-refractivity contribution in [2.45, 2.75) is 283 Å². The van der Waals surface area contributed by atoms with Crippen molar-refractivity contribution in [3.63, 3.8) is 0 Å². The zero-order valence-electron chi connectivity index (χ0n) is 36.8. The predicted octanol–water partition coefficient (Wildman–Crippen LogP) is 15.6. The van der Waals surface area contributed by atoms with Crippen LogP contribution >= 0.6 is 0 Å². The molecule has 0 spiro atoms. The first kappa shape index (κ1) is 52.9. The Morgan fingerprint density at radius 3 is 1.07 bits per heavy atom. The van der Waals surface area contributed by atoms with Crippen LogP contribution in [0.5, 0.6) is 0 Å². The van der Waals surface area contributed by atoms with Crippen LogP contribution < -0.4 is 5.32 Å². The maximum atomic E-state index is 12.4. The average Bonchev–Trinajstić information content (AvgIpc) is 3.18. The molecule has 0 aliphatic rings. The Hall–Kier alpha value is -1.13. The van der Waals surface area contributed by atoms with E-state index in [0.717, 1.165) is 32.1 Å². The third-order valence-corrected chi connectivity index (χ3v) is 11.4. The zero-order chi connectivity index (χ0) is 39.3. The van der Waals surface area contributed by atoms with Crippen molar-refractivity contribution in [2.75, 3.05) is 6.61 Å². The SMILES string of the molecule is CCCCCCCCCCCCCCCC/C=C/CC/C=C/C(O)C(CO)NC(=O)CCCCCCCCCCCCCCCCCCCCCCCC. The molecular weight excluding hydrogens is 663 g/mol. The molecule has 0 aromatic rings. The number of aliphatic hydroxyl groups is 2. The first-order chi connectivity index (χ1) is 26.7. The minimum Gasteiger partial charge on any atom is -0.394 e. The van der Waals surface area contributed by atoms with E-state index >= 15 is 0 Å². The third kappa shape index (κ3) is 42.0. The van der Waals surface area contributed by atoms with E-state index in [1.165, 1.54) is 218 Å². The molecule has 54 heavy (non-hydrogen) atoms.